The molecule has 1 aromatic heterocycles. The van der Waals surface area contributed by atoms with Crippen molar-refractivity contribution in [1.82, 2.24) is 4.98 Å². The molecule has 0 bridgehead atoms. The maximum atomic E-state index is 12.0. The summed E-state index contributed by atoms with van der Waals surface area (Å²) in [7, 11) is 0. The van der Waals surface area contributed by atoms with Crippen molar-refractivity contribution in [3.05, 3.63) is 53.7 Å². The number of nitrogens with zero attached hydrogens (tertiary/aromatic N) is 2. The summed E-state index contributed by atoms with van der Waals surface area (Å²) in [5.74, 6) is 0.124. The number of rotatable bonds is 7. The number of carbonyl (C=O) groups excluding carboxylic acids is 1. The molecule has 0 atom stereocenters. The first-order valence-corrected chi connectivity index (χ1v) is 8.59. The molecule has 0 aliphatic heterocycles. The van der Waals surface area contributed by atoms with E-state index in [0.29, 0.717) is 10.6 Å². The van der Waals surface area contributed by atoms with Gasteiger partial charge in [-0.15, -0.1) is 0 Å². The molecule has 23 heavy (non-hydrogen) atoms. The predicted molar refractivity (Wildman–Crippen MR) is 93.4 cm³/mol. The number of aryl methyl sites for hydroxylation is 1. The van der Waals surface area contributed by atoms with Gasteiger partial charge in [0.1, 0.15) is 11.1 Å². The minimum absolute atomic E-state index is 0.106. The van der Waals surface area contributed by atoms with Crippen LogP contribution in [0.4, 0.5) is 5.69 Å². The highest BCUT2D eigenvalue weighted by Crippen LogP contribution is 2.21. The fourth-order valence-corrected chi connectivity index (χ4v) is 2.81. The van der Waals surface area contributed by atoms with Crippen LogP contribution in [0.15, 0.2) is 47.5 Å². The molecule has 1 amide bonds. The van der Waals surface area contributed by atoms with Gasteiger partial charge in [-0.3, -0.25) is 4.79 Å². The molecule has 4 nitrogen and oxygen atoms in total. The van der Waals surface area contributed by atoms with Crippen molar-refractivity contribution in [2.45, 2.75) is 31.2 Å². The lowest BCUT2D eigenvalue weighted by atomic mass is 10.2. The number of carbonyl (C=O) groups is 1. The molecule has 1 heterocycles. The Morgan fingerprint density at radius 1 is 1.26 bits per heavy atom. The molecule has 0 fully saturated rings. The number of unbranched alkanes of at least 4 members (excludes halogenated alkanes) is 1. The molecule has 1 aromatic carbocycles. The van der Waals surface area contributed by atoms with E-state index in [1.54, 1.807) is 6.07 Å². The molecular weight excluding hydrogens is 306 g/mol. The van der Waals surface area contributed by atoms with Gasteiger partial charge in [0.05, 0.1) is 11.3 Å². The Morgan fingerprint density at radius 3 is 2.74 bits per heavy atom. The van der Waals surface area contributed by atoms with Crippen molar-refractivity contribution >= 4 is 23.4 Å². The van der Waals surface area contributed by atoms with Crippen LogP contribution in [-0.4, -0.2) is 16.6 Å². The first kappa shape index (κ1) is 17.0. The lowest BCUT2D eigenvalue weighted by Crippen LogP contribution is -2.14. The first-order chi connectivity index (χ1) is 11.2. The molecule has 0 saturated heterocycles. The number of para-hydroxylation sites is 1. The Labute approximate surface area is 140 Å². The quantitative estimate of drug-likeness (QED) is 0.781. The highest BCUT2D eigenvalue weighted by atomic mass is 32.2. The third kappa shape index (κ3) is 5.42. The smallest absolute Gasteiger partial charge is 0.234 e. The number of hydrogen-bond acceptors (Lipinski definition) is 4. The van der Waals surface area contributed by atoms with E-state index in [4.69, 9.17) is 0 Å². The molecule has 5 heteroatoms. The fourth-order valence-electron chi connectivity index (χ4n) is 2.02. The van der Waals surface area contributed by atoms with Gasteiger partial charge in [0, 0.05) is 11.4 Å². The molecule has 1 N–H and O–H groups in total. The van der Waals surface area contributed by atoms with E-state index in [1.165, 1.54) is 11.8 Å². The predicted octanol–water partition coefficient (Wildman–Crippen LogP) is 4.03. The van der Waals surface area contributed by atoms with Gasteiger partial charge in [0.25, 0.3) is 0 Å². The number of aromatic nitrogens is 1. The van der Waals surface area contributed by atoms with Gasteiger partial charge in [-0.2, -0.15) is 5.26 Å². The summed E-state index contributed by atoms with van der Waals surface area (Å²) in [6, 6.07) is 15.1. The minimum Gasteiger partial charge on any atom is -0.325 e. The SMILES string of the molecule is CCCCc1ccc(C#N)c(SCC(=O)Nc2ccccc2)n1. The largest absolute Gasteiger partial charge is 0.325 e. The third-order valence-corrected chi connectivity index (χ3v) is 4.21. The summed E-state index contributed by atoms with van der Waals surface area (Å²) in [4.78, 5) is 16.5. The van der Waals surface area contributed by atoms with Crippen molar-refractivity contribution in [3.63, 3.8) is 0 Å². The van der Waals surface area contributed by atoms with Gasteiger partial charge in [-0.1, -0.05) is 43.3 Å². The summed E-state index contributed by atoms with van der Waals surface area (Å²) >= 11 is 1.30. The van der Waals surface area contributed by atoms with Crippen LogP contribution in [-0.2, 0) is 11.2 Å². The molecule has 2 rings (SSSR count). The van der Waals surface area contributed by atoms with Crippen molar-refractivity contribution < 1.29 is 4.79 Å². The third-order valence-electron chi connectivity index (χ3n) is 3.22. The molecule has 0 unspecified atom stereocenters. The molecule has 0 spiro atoms. The van der Waals surface area contributed by atoms with E-state index in [-0.39, 0.29) is 11.7 Å². The van der Waals surface area contributed by atoms with Crippen LogP contribution in [0.5, 0.6) is 0 Å². The lowest BCUT2D eigenvalue weighted by Gasteiger charge is -2.07. The number of benzene rings is 1. The zero-order valence-corrected chi connectivity index (χ0v) is 13.9. The van der Waals surface area contributed by atoms with Crippen molar-refractivity contribution in [3.8, 4) is 6.07 Å². The number of thioether (sulfide) groups is 1. The van der Waals surface area contributed by atoms with Crippen molar-refractivity contribution in [1.29, 1.82) is 5.26 Å². The summed E-state index contributed by atoms with van der Waals surface area (Å²) in [6.07, 6.45) is 3.06. The van der Waals surface area contributed by atoms with E-state index < -0.39 is 0 Å². The van der Waals surface area contributed by atoms with Gasteiger partial charge in [-0.25, -0.2) is 4.98 Å². The number of amides is 1. The van der Waals surface area contributed by atoms with Crippen LogP contribution in [0.25, 0.3) is 0 Å². The normalized spacial score (nSPS) is 10.1. The van der Waals surface area contributed by atoms with Crippen LogP contribution in [0, 0.1) is 11.3 Å². The van der Waals surface area contributed by atoms with Crippen molar-refractivity contribution in [2.75, 3.05) is 11.1 Å². The molecule has 118 valence electrons. The molecule has 2 aromatic rings. The number of nitriles is 1. The van der Waals surface area contributed by atoms with E-state index in [9.17, 15) is 10.1 Å². The van der Waals surface area contributed by atoms with E-state index >= 15 is 0 Å². The van der Waals surface area contributed by atoms with Gasteiger partial charge in [0.15, 0.2) is 0 Å². The molecular formula is C18H19N3OS. The summed E-state index contributed by atoms with van der Waals surface area (Å²) in [6.45, 7) is 2.13. The van der Waals surface area contributed by atoms with Crippen LogP contribution >= 0.6 is 11.8 Å². The molecule has 0 radical (unpaired) electrons. The van der Waals surface area contributed by atoms with Gasteiger partial charge in [0.2, 0.25) is 5.91 Å². The number of hydrogen-bond donors (Lipinski definition) is 1. The Morgan fingerprint density at radius 2 is 2.04 bits per heavy atom. The van der Waals surface area contributed by atoms with Crippen LogP contribution < -0.4 is 5.32 Å². The number of anilines is 1. The van der Waals surface area contributed by atoms with Gasteiger partial charge < -0.3 is 5.32 Å². The molecule has 0 aliphatic carbocycles. The second kappa shape index (κ2) is 8.96. The maximum absolute atomic E-state index is 12.0. The van der Waals surface area contributed by atoms with Gasteiger partial charge >= 0.3 is 0 Å². The average molecular weight is 325 g/mol. The summed E-state index contributed by atoms with van der Waals surface area (Å²) in [5.41, 5.74) is 2.25. The van der Waals surface area contributed by atoms with Crippen LogP contribution in [0.1, 0.15) is 31.0 Å². The zero-order chi connectivity index (χ0) is 16.5. The van der Waals surface area contributed by atoms with Crippen LogP contribution in [0.3, 0.4) is 0 Å². The number of nitrogens with one attached hydrogen (secondary N) is 1. The summed E-state index contributed by atoms with van der Waals surface area (Å²) in [5, 5.41) is 12.6. The van der Waals surface area contributed by atoms with E-state index in [2.05, 4.69) is 23.3 Å². The second-order valence-electron chi connectivity index (χ2n) is 5.07. The van der Waals surface area contributed by atoms with E-state index in [1.807, 2.05) is 36.4 Å². The zero-order valence-electron chi connectivity index (χ0n) is 13.1. The van der Waals surface area contributed by atoms with E-state index in [0.717, 1.165) is 30.6 Å². The van der Waals surface area contributed by atoms with Crippen LogP contribution in [0.2, 0.25) is 0 Å². The Hall–Kier alpha value is -2.32. The monoisotopic (exact) mass is 325 g/mol. The molecule has 0 aliphatic rings. The standard InChI is InChI=1S/C18H19N3OS/c1-2-3-7-16-11-10-14(12-19)18(21-16)23-13-17(22)20-15-8-5-4-6-9-15/h4-6,8-11H,2-3,7,13H2,1H3,(H,20,22). The lowest BCUT2D eigenvalue weighted by molar-refractivity contribution is -0.113. The first-order valence-electron chi connectivity index (χ1n) is 7.60. The Balaban J connectivity index is 1.98. The highest BCUT2D eigenvalue weighted by Gasteiger charge is 2.10. The maximum Gasteiger partial charge on any atom is 0.234 e. The number of pyridine rings is 1. The summed E-state index contributed by atoms with van der Waals surface area (Å²) < 4.78 is 0. The Kier molecular flexibility index (Phi) is 6.64. The molecule has 0 saturated carbocycles. The average Bonchev–Trinajstić information content (AvgIpc) is 2.59. The Bertz CT molecular complexity index is 695. The van der Waals surface area contributed by atoms with Crippen molar-refractivity contribution in [2.24, 2.45) is 0 Å². The highest BCUT2D eigenvalue weighted by molar-refractivity contribution is 8.00. The fraction of sp³-hybridized carbons (Fsp3) is 0.278. The topological polar surface area (TPSA) is 65.8 Å². The second-order valence-corrected chi connectivity index (χ2v) is 6.04. The minimum atomic E-state index is -0.106. The van der Waals surface area contributed by atoms with Gasteiger partial charge in [-0.05, 0) is 37.1 Å².